The summed E-state index contributed by atoms with van der Waals surface area (Å²) in [6.07, 6.45) is 3.49. The molecule has 2 aliphatic rings. The van der Waals surface area contributed by atoms with Crippen LogP contribution in [0.1, 0.15) is 25.7 Å². The van der Waals surface area contributed by atoms with Crippen molar-refractivity contribution in [3.8, 4) is 0 Å². The first kappa shape index (κ1) is 12.8. The summed E-state index contributed by atoms with van der Waals surface area (Å²) in [5.74, 6) is 0.0216. The maximum atomic E-state index is 11.4. The summed E-state index contributed by atoms with van der Waals surface area (Å²) < 4.78 is 22.7. The summed E-state index contributed by atoms with van der Waals surface area (Å²) in [5, 5.41) is 8.94. The zero-order valence-corrected chi connectivity index (χ0v) is 10.7. The summed E-state index contributed by atoms with van der Waals surface area (Å²) >= 11 is 0. The summed E-state index contributed by atoms with van der Waals surface area (Å²) in [6.45, 7) is 0.994. The van der Waals surface area contributed by atoms with E-state index in [1.165, 1.54) is 6.42 Å². The fourth-order valence-electron chi connectivity index (χ4n) is 2.66. The number of carboxylic acids is 1. The highest BCUT2D eigenvalue weighted by atomic mass is 32.2. The normalized spacial score (nSPS) is 27.3. The first-order chi connectivity index (χ1) is 7.98. The summed E-state index contributed by atoms with van der Waals surface area (Å²) in [7, 11) is -2.88. The largest absolute Gasteiger partial charge is 0.481 e. The lowest BCUT2D eigenvalue weighted by atomic mass is 9.78. The third-order valence-electron chi connectivity index (χ3n) is 3.93. The van der Waals surface area contributed by atoms with Gasteiger partial charge in [-0.25, -0.2) is 8.42 Å². The van der Waals surface area contributed by atoms with Gasteiger partial charge in [0, 0.05) is 19.1 Å². The van der Waals surface area contributed by atoms with E-state index < -0.39 is 15.8 Å². The fourth-order valence-corrected chi connectivity index (χ4v) is 3.89. The molecule has 1 heterocycles. The average molecular weight is 261 g/mol. The smallest absolute Gasteiger partial charge is 0.304 e. The highest BCUT2D eigenvalue weighted by Gasteiger charge is 2.35. The number of nitrogens with zero attached hydrogens (tertiary/aromatic N) is 1. The molecule has 1 N–H and O–H groups in total. The van der Waals surface area contributed by atoms with Crippen LogP contribution >= 0.6 is 0 Å². The van der Waals surface area contributed by atoms with Crippen molar-refractivity contribution in [3.05, 3.63) is 0 Å². The Hall–Kier alpha value is -0.620. The molecule has 1 saturated carbocycles. The van der Waals surface area contributed by atoms with Gasteiger partial charge >= 0.3 is 5.97 Å². The predicted octanol–water partition coefficient (Wildman–Crippen LogP) is 0.360. The standard InChI is InChI=1S/C11H19NO4S/c13-11(14)8-10(9-2-1-3-9)12-4-6-17(15,16)7-5-12/h9-10H,1-8H2,(H,13,14). The highest BCUT2D eigenvalue weighted by Crippen LogP contribution is 2.34. The molecule has 0 spiro atoms. The van der Waals surface area contributed by atoms with Crippen LogP contribution in [0.15, 0.2) is 0 Å². The van der Waals surface area contributed by atoms with Gasteiger partial charge in [0.25, 0.3) is 0 Å². The molecular formula is C11H19NO4S. The van der Waals surface area contributed by atoms with E-state index in [-0.39, 0.29) is 24.0 Å². The van der Waals surface area contributed by atoms with Crippen molar-refractivity contribution in [2.24, 2.45) is 5.92 Å². The van der Waals surface area contributed by atoms with Crippen LogP contribution < -0.4 is 0 Å². The van der Waals surface area contributed by atoms with E-state index in [4.69, 9.17) is 5.11 Å². The van der Waals surface area contributed by atoms with Gasteiger partial charge < -0.3 is 5.11 Å². The lowest BCUT2D eigenvalue weighted by Crippen LogP contribution is -2.51. The minimum atomic E-state index is -2.88. The molecule has 2 fully saturated rings. The molecule has 1 atom stereocenters. The average Bonchev–Trinajstić information content (AvgIpc) is 2.13. The molecule has 0 aromatic rings. The molecular weight excluding hydrogens is 242 g/mol. The second-order valence-corrected chi connectivity index (χ2v) is 7.35. The lowest BCUT2D eigenvalue weighted by Gasteiger charge is -2.42. The zero-order valence-electron chi connectivity index (χ0n) is 9.84. The number of rotatable bonds is 4. The summed E-state index contributed by atoms with van der Waals surface area (Å²) in [5.41, 5.74) is 0. The Morgan fingerprint density at radius 2 is 1.88 bits per heavy atom. The molecule has 5 nitrogen and oxygen atoms in total. The van der Waals surface area contributed by atoms with Crippen LogP contribution in [0.25, 0.3) is 0 Å². The molecule has 0 radical (unpaired) electrons. The SMILES string of the molecule is O=C(O)CC(C1CCC1)N1CCS(=O)(=O)CC1. The molecule has 1 unspecified atom stereocenters. The van der Waals surface area contributed by atoms with Gasteiger partial charge in [0.05, 0.1) is 17.9 Å². The maximum Gasteiger partial charge on any atom is 0.304 e. The Kier molecular flexibility index (Phi) is 3.73. The van der Waals surface area contributed by atoms with Crippen LogP contribution in [0.3, 0.4) is 0 Å². The third kappa shape index (κ3) is 3.19. The van der Waals surface area contributed by atoms with E-state index in [9.17, 15) is 13.2 Å². The Balaban J connectivity index is 1.98. The topological polar surface area (TPSA) is 74.7 Å². The first-order valence-corrected chi connectivity index (χ1v) is 7.96. The summed E-state index contributed by atoms with van der Waals surface area (Å²) in [6, 6.07) is 0.0387. The molecule has 6 heteroatoms. The maximum absolute atomic E-state index is 11.4. The van der Waals surface area contributed by atoms with Gasteiger partial charge in [0.2, 0.25) is 0 Å². The van der Waals surface area contributed by atoms with Crippen molar-refractivity contribution in [3.63, 3.8) is 0 Å². The zero-order chi connectivity index (χ0) is 12.5. The van der Waals surface area contributed by atoms with Crippen LogP contribution in [0.2, 0.25) is 0 Å². The number of carboxylic acid groups (broad SMARTS) is 1. The number of hydrogen-bond donors (Lipinski definition) is 1. The number of aliphatic carboxylic acids is 1. The van der Waals surface area contributed by atoms with Crippen LogP contribution in [-0.4, -0.2) is 55.0 Å². The van der Waals surface area contributed by atoms with Gasteiger partial charge in [-0.2, -0.15) is 0 Å². The van der Waals surface area contributed by atoms with E-state index >= 15 is 0 Å². The van der Waals surface area contributed by atoms with Crippen molar-refractivity contribution in [2.75, 3.05) is 24.6 Å². The van der Waals surface area contributed by atoms with Crippen LogP contribution in [0.5, 0.6) is 0 Å². The van der Waals surface area contributed by atoms with Gasteiger partial charge in [-0.05, 0) is 18.8 Å². The second kappa shape index (κ2) is 4.94. The Bertz CT molecular complexity index is 374. The molecule has 0 aromatic heterocycles. The predicted molar refractivity (Wildman–Crippen MR) is 63.6 cm³/mol. The van der Waals surface area contributed by atoms with Crippen molar-refractivity contribution in [2.45, 2.75) is 31.7 Å². The van der Waals surface area contributed by atoms with Gasteiger partial charge in [0.1, 0.15) is 0 Å². The second-order valence-electron chi connectivity index (χ2n) is 5.04. The fraction of sp³-hybridized carbons (Fsp3) is 0.909. The van der Waals surface area contributed by atoms with Gasteiger partial charge in [-0.15, -0.1) is 0 Å². The molecule has 0 aromatic carbocycles. The van der Waals surface area contributed by atoms with Crippen LogP contribution in [0, 0.1) is 5.92 Å². The third-order valence-corrected chi connectivity index (χ3v) is 5.53. The van der Waals surface area contributed by atoms with Crippen LogP contribution in [-0.2, 0) is 14.6 Å². The molecule has 1 saturated heterocycles. The van der Waals surface area contributed by atoms with E-state index in [0.717, 1.165) is 12.8 Å². The first-order valence-electron chi connectivity index (χ1n) is 6.14. The Morgan fingerprint density at radius 3 is 2.29 bits per heavy atom. The van der Waals surface area contributed by atoms with Crippen molar-refractivity contribution >= 4 is 15.8 Å². The Morgan fingerprint density at radius 1 is 1.29 bits per heavy atom. The lowest BCUT2D eigenvalue weighted by molar-refractivity contribution is -0.139. The van der Waals surface area contributed by atoms with E-state index in [2.05, 4.69) is 4.90 Å². The van der Waals surface area contributed by atoms with E-state index in [1.807, 2.05) is 0 Å². The minimum absolute atomic E-state index is 0.0387. The number of sulfone groups is 1. The van der Waals surface area contributed by atoms with Crippen molar-refractivity contribution in [1.82, 2.24) is 4.90 Å². The minimum Gasteiger partial charge on any atom is -0.481 e. The van der Waals surface area contributed by atoms with Gasteiger partial charge in [-0.1, -0.05) is 6.42 Å². The number of hydrogen-bond acceptors (Lipinski definition) is 4. The van der Waals surface area contributed by atoms with Crippen molar-refractivity contribution < 1.29 is 18.3 Å². The van der Waals surface area contributed by atoms with Gasteiger partial charge in [-0.3, -0.25) is 9.69 Å². The Labute approximate surface area is 102 Å². The number of carbonyl (C=O) groups is 1. The molecule has 0 amide bonds. The summed E-state index contributed by atoms with van der Waals surface area (Å²) in [4.78, 5) is 12.9. The van der Waals surface area contributed by atoms with E-state index in [1.54, 1.807) is 0 Å². The highest BCUT2D eigenvalue weighted by molar-refractivity contribution is 7.91. The molecule has 98 valence electrons. The quantitative estimate of drug-likeness (QED) is 0.791. The van der Waals surface area contributed by atoms with Crippen molar-refractivity contribution in [1.29, 1.82) is 0 Å². The van der Waals surface area contributed by atoms with Gasteiger partial charge in [0.15, 0.2) is 9.84 Å². The molecule has 17 heavy (non-hydrogen) atoms. The molecule has 0 bridgehead atoms. The molecule has 2 rings (SSSR count). The monoisotopic (exact) mass is 261 g/mol. The molecule has 1 aliphatic carbocycles. The molecule has 1 aliphatic heterocycles. The van der Waals surface area contributed by atoms with E-state index in [0.29, 0.717) is 19.0 Å². The van der Waals surface area contributed by atoms with Crippen LogP contribution in [0.4, 0.5) is 0 Å².